The van der Waals surface area contributed by atoms with Gasteiger partial charge in [0.2, 0.25) is 0 Å². The molecule has 10 aromatic carbocycles. The van der Waals surface area contributed by atoms with Crippen LogP contribution >= 0.6 is 0 Å². The highest BCUT2D eigenvalue weighted by Crippen LogP contribution is 2.53. The molecule has 0 amide bonds. The van der Waals surface area contributed by atoms with Gasteiger partial charge in [-0.1, -0.05) is 97.1 Å². The Morgan fingerprint density at radius 2 is 0.565 bits per heavy atom. The number of carbonyl (C=O) groups excluding carboxylic acids is 4. The molecule has 10 aromatic rings. The Kier molecular flexibility index (Phi) is 16.4. The van der Waals surface area contributed by atoms with Crippen LogP contribution in [0.15, 0.2) is 218 Å². The number of rotatable bonds is 16. The summed E-state index contributed by atoms with van der Waals surface area (Å²) in [7, 11) is 6.38. The molecule has 0 aliphatic carbocycles. The molecule has 1 heterocycles. The van der Waals surface area contributed by atoms with Gasteiger partial charge in [-0.25, -0.2) is 19.2 Å². The van der Waals surface area contributed by atoms with Crippen molar-refractivity contribution in [3.63, 3.8) is 0 Å². The third kappa shape index (κ3) is 12.7. The molecule has 14 nitrogen and oxygen atoms in total. The molecule has 0 bridgehead atoms. The SMILES string of the molecule is COc1ccc(-c2ccc(C(=O)Oc3cc4c(c(OC(=O)c5ccc(-c6ccc(OC)cc6)cc5)c3)-c3c(OC(=O)c5ccc(-c6ccc(OC)cc6)cc5)cc(OC(=O)c5ccc(-c6ccc(OC)cc6)cc5)cc3O[C@H](C)CO4)cc2)cc1. The van der Waals surface area contributed by atoms with Gasteiger partial charge >= 0.3 is 23.9 Å². The summed E-state index contributed by atoms with van der Waals surface area (Å²) in [5.41, 5.74) is 7.93. The quantitative estimate of drug-likeness (QED) is 0.0664. The Bertz CT molecular complexity index is 4050. The third-order valence-corrected chi connectivity index (χ3v) is 14.1. The molecule has 0 fully saturated rings. The van der Waals surface area contributed by atoms with E-state index in [4.69, 9.17) is 47.4 Å². The lowest BCUT2D eigenvalue weighted by molar-refractivity contribution is 0.0707. The van der Waals surface area contributed by atoms with E-state index in [1.54, 1.807) is 132 Å². The molecule has 0 spiro atoms. The van der Waals surface area contributed by atoms with E-state index in [1.165, 1.54) is 24.3 Å². The highest BCUT2D eigenvalue weighted by Gasteiger charge is 2.32. The molecule has 1 aliphatic rings. The first-order chi connectivity index (χ1) is 41.4. The van der Waals surface area contributed by atoms with Crippen molar-refractivity contribution >= 4 is 23.9 Å². The fourth-order valence-electron chi connectivity index (χ4n) is 9.55. The van der Waals surface area contributed by atoms with E-state index in [2.05, 4.69) is 0 Å². The monoisotopic (exact) mass is 1130 g/mol. The van der Waals surface area contributed by atoms with Gasteiger partial charge in [-0.2, -0.15) is 0 Å². The van der Waals surface area contributed by atoms with Crippen LogP contribution in [0.1, 0.15) is 48.4 Å². The summed E-state index contributed by atoms with van der Waals surface area (Å²) in [5.74, 6) is -0.500. The topological polar surface area (TPSA) is 161 Å². The van der Waals surface area contributed by atoms with E-state index in [0.29, 0.717) is 23.0 Å². The van der Waals surface area contributed by atoms with E-state index < -0.39 is 30.0 Å². The van der Waals surface area contributed by atoms with Crippen LogP contribution in [-0.2, 0) is 0 Å². The number of hydrogen-bond acceptors (Lipinski definition) is 14. The number of fused-ring (bicyclic) bond motifs is 3. The number of ether oxygens (including phenoxy) is 10. The van der Waals surface area contributed by atoms with Gasteiger partial charge in [-0.3, -0.25) is 0 Å². The number of hydrogen-bond donors (Lipinski definition) is 0. The average Bonchev–Trinajstić information content (AvgIpc) is 2.50. The first-order valence-electron chi connectivity index (χ1n) is 26.9. The van der Waals surface area contributed by atoms with Crippen LogP contribution in [0.3, 0.4) is 0 Å². The molecule has 0 saturated carbocycles. The van der Waals surface area contributed by atoms with Crippen LogP contribution < -0.4 is 47.4 Å². The van der Waals surface area contributed by atoms with E-state index in [1.807, 2.05) is 97.1 Å². The highest BCUT2D eigenvalue weighted by atomic mass is 16.6. The highest BCUT2D eigenvalue weighted by molar-refractivity contribution is 5.99. The van der Waals surface area contributed by atoms with Crippen LogP contribution in [0.2, 0.25) is 0 Å². The van der Waals surface area contributed by atoms with E-state index in [9.17, 15) is 19.2 Å². The van der Waals surface area contributed by atoms with E-state index >= 15 is 0 Å². The van der Waals surface area contributed by atoms with Gasteiger partial charge in [-0.15, -0.1) is 0 Å². The van der Waals surface area contributed by atoms with Crippen molar-refractivity contribution in [2.45, 2.75) is 13.0 Å². The summed E-state index contributed by atoms with van der Waals surface area (Å²) >= 11 is 0. The molecule has 422 valence electrons. The van der Waals surface area contributed by atoms with Crippen molar-refractivity contribution in [1.82, 2.24) is 0 Å². The third-order valence-electron chi connectivity index (χ3n) is 14.1. The molecule has 1 aliphatic heterocycles. The van der Waals surface area contributed by atoms with Crippen molar-refractivity contribution < 1.29 is 66.5 Å². The minimum Gasteiger partial charge on any atom is -0.497 e. The summed E-state index contributed by atoms with van der Waals surface area (Å²) in [5, 5.41) is 0. The summed E-state index contributed by atoms with van der Waals surface area (Å²) in [6, 6.07) is 63.2. The smallest absolute Gasteiger partial charge is 0.343 e. The number of methoxy groups -OCH3 is 4. The van der Waals surface area contributed by atoms with E-state index in [-0.39, 0.29) is 74.5 Å². The fourth-order valence-corrected chi connectivity index (χ4v) is 9.55. The van der Waals surface area contributed by atoms with Crippen molar-refractivity contribution in [3.8, 4) is 113 Å². The molecule has 85 heavy (non-hydrogen) atoms. The molecule has 0 aromatic heterocycles. The van der Waals surface area contributed by atoms with Gasteiger partial charge < -0.3 is 47.4 Å². The molecule has 0 N–H and O–H groups in total. The van der Waals surface area contributed by atoms with Crippen molar-refractivity contribution in [2.75, 3.05) is 35.0 Å². The maximum Gasteiger partial charge on any atom is 0.343 e. The molecule has 0 unspecified atom stereocenters. The molecular weight excluding hydrogens is 1080 g/mol. The Balaban J connectivity index is 0.991. The summed E-state index contributed by atoms with van der Waals surface area (Å²) in [6.45, 7) is 1.68. The first kappa shape index (κ1) is 55.8. The van der Waals surface area contributed by atoms with E-state index in [0.717, 1.165) is 44.5 Å². The van der Waals surface area contributed by atoms with Crippen LogP contribution in [0.25, 0.3) is 55.6 Å². The van der Waals surface area contributed by atoms with Crippen LogP contribution in [-0.4, -0.2) is 65.0 Å². The maximum atomic E-state index is 14.6. The Hall–Kier alpha value is -11.1. The minimum atomic E-state index is -0.794. The zero-order chi connectivity index (χ0) is 59.0. The number of carbonyl (C=O) groups is 4. The van der Waals surface area contributed by atoms with Crippen molar-refractivity contribution in [2.24, 2.45) is 0 Å². The molecule has 1 atom stereocenters. The Morgan fingerprint density at radius 1 is 0.318 bits per heavy atom. The lowest BCUT2D eigenvalue weighted by Gasteiger charge is -2.27. The van der Waals surface area contributed by atoms with Crippen LogP contribution in [0, 0.1) is 0 Å². The van der Waals surface area contributed by atoms with Gasteiger partial charge in [-0.05, 0) is 148 Å². The summed E-state index contributed by atoms with van der Waals surface area (Å²) in [4.78, 5) is 57.3. The molecule has 0 saturated heterocycles. The van der Waals surface area contributed by atoms with Crippen LogP contribution in [0.4, 0.5) is 0 Å². The maximum absolute atomic E-state index is 14.6. The molecule has 14 heteroatoms. The zero-order valence-electron chi connectivity index (χ0n) is 46.8. The zero-order valence-corrected chi connectivity index (χ0v) is 46.8. The lowest BCUT2D eigenvalue weighted by Crippen LogP contribution is -2.24. The normalized spacial score (nSPS) is 12.3. The second kappa shape index (κ2) is 24.9. The largest absolute Gasteiger partial charge is 0.497 e. The summed E-state index contributed by atoms with van der Waals surface area (Å²) < 4.78 is 59.2. The molecule has 11 rings (SSSR count). The fraction of sp³-hybridized carbons (Fsp3) is 0.0986. The minimum absolute atomic E-state index is 0.0459. The Labute approximate surface area is 490 Å². The van der Waals surface area contributed by atoms with Gasteiger partial charge in [0, 0.05) is 24.3 Å². The summed E-state index contributed by atoms with van der Waals surface area (Å²) in [6.07, 6.45) is -0.692. The number of esters is 4. The first-order valence-corrected chi connectivity index (χ1v) is 26.9. The number of benzene rings is 10. The lowest BCUT2D eigenvalue weighted by atomic mass is 9.99. The second-order valence-electron chi connectivity index (χ2n) is 19.6. The molecule has 0 radical (unpaired) electrons. The van der Waals surface area contributed by atoms with Gasteiger partial charge in [0.15, 0.2) is 0 Å². The van der Waals surface area contributed by atoms with Crippen molar-refractivity contribution in [3.05, 3.63) is 241 Å². The van der Waals surface area contributed by atoms with Crippen LogP contribution in [0.5, 0.6) is 57.5 Å². The second-order valence-corrected chi connectivity index (χ2v) is 19.6. The van der Waals surface area contributed by atoms with Gasteiger partial charge in [0.1, 0.15) is 70.2 Å². The average molecular weight is 1130 g/mol. The predicted octanol–water partition coefficient (Wildman–Crippen LogP) is 15.1. The predicted molar refractivity (Wildman–Crippen MR) is 321 cm³/mol. The van der Waals surface area contributed by atoms with Gasteiger partial charge in [0.05, 0.1) is 61.8 Å². The van der Waals surface area contributed by atoms with Crippen molar-refractivity contribution in [1.29, 1.82) is 0 Å². The standard InChI is InChI=1S/C71H54O14/c1-43-42-80-62-38-60(82-68(72)52-14-6-44(7-15-52)48-22-30-56(76-2)31-23-48)40-64(84-70(74)54-18-10-46(11-19-54)50-26-34-58(78-4)35-27-50)66(62)67-63(81-43)39-61(83-69(73)53-16-8-45(9-17-53)49-24-32-57(77-3)33-25-49)41-65(67)85-71(75)55-20-12-47(13-21-55)51-28-36-59(79-5)37-29-51/h6-41,43H,42H2,1-5H3/t43-/m1/s1. The van der Waals surface area contributed by atoms with Gasteiger partial charge in [0.25, 0.3) is 0 Å². The molecular formula is C71H54O14. The Morgan fingerprint density at radius 3 is 0.847 bits per heavy atom.